The molecule has 120 valence electrons. The summed E-state index contributed by atoms with van der Waals surface area (Å²) in [7, 11) is -4.53. The topological polar surface area (TPSA) is 34.1 Å². The normalized spacial score (nSPS) is 15.6. The summed E-state index contributed by atoms with van der Waals surface area (Å²) in [5.41, 5.74) is 0. The second-order valence-electron chi connectivity index (χ2n) is 5.31. The van der Waals surface area contributed by atoms with Crippen molar-refractivity contribution in [1.82, 2.24) is 0 Å². The Kier molecular flexibility index (Phi) is 3.47. The van der Waals surface area contributed by atoms with Crippen molar-refractivity contribution in [3.8, 4) is 0 Å². The highest BCUT2D eigenvalue weighted by atomic mass is 32.2. The third-order valence-corrected chi connectivity index (χ3v) is 8.22. The van der Waals surface area contributed by atoms with Gasteiger partial charge in [0.1, 0.15) is 32.3 Å². The molecule has 2 nitrogen and oxygen atoms in total. The summed E-state index contributed by atoms with van der Waals surface area (Å²) in [5.74, 6) is -1.36. The molecule has 0 aromatic heterocycles. The van der Waals surface area contributed by atoms with Crippen LogP contribution in [0.3, 0.4) is 0 Å². The van der Waals surface area contributed by atoms with Crippen LogP contribution in [-0.4, -0.2) is 8.42 Å². The van der Waals surface area contributed by atoms with Crippen molar-refractivity contribution in [1.29, 1.82) is 0 Å². The van der Waals surface area contributed by atoms with Crippen molar-refractivity contribution in [2.45, 2.75) is 24.5 Å². The molecular formula is C18H11F2O2S2+. The van der Waals surface area contributed by atoms with E-state index in [0.29, 0.717) is 14.7 Å². The van der Waals surface area contributed by atoms with Gasteiger partial charge in [-0.05, 0) is 24.3 Å². The van der Waals surface area contributed by atoms with E-state index in [4.69, 9.17) is 0 Å². The Morgan fingerprint density at radius 2 is 1.17 bits per heavy atom. The first-order valence-corrected chi connectivity index (χ1v) is 9.83. The molecule has 24 heavy (non-hydrogen) atoms. The maximum Gasteiger partial charge on any atom is 0.216 e. The molecule has 0 aliphatic carbocycles. The van der Waals surface area contributed by atoms with Gasteiger partial charge < -0.3 is 0 Å². The van der Waals surface area contributed by atoms with E-state index < -0.39 is 32.4 Å². The summed E-state index contributed by atoms with van der Waals surface area (Å²) in [5, 5.41) is 0. The number of halogens is 2. The number of rotatable bonds is 1. The van der Waals surface area contributed by atoms with Gasteiger partial charge in [-0.3, -0.25) is 0 Å². The zero-order valence-corrected chi connectivity index (χ0v) is 13.9. The highest BCUT2D eigenvalue weighted by Gasteiger charge is 2.45. The minimum absolute atomic E-state index is 0.191. The first kappa shape index (κ1) is 15.4. The zero-order valence-electron chi connectivity index (χ0n) is 12.2. The Bertz CT molecular complexity index is 988. The summed E-state index contributed by atoms with van der Waals surface area (Å²) < 4.78 is 53.2. The Morgan fingerprint density at radius 1 is 0.708 bits per heavy atom. The monoisotopic (exact) mass is 361 g/mol. The van der Waals surface area contributed by atoms with Crippen LogP contribution in [0.5, 0.6) is 0 Å². The van der Waals surface area contributed by atoms with E-state index >= 15 is 0 Å². The van der Waals surface area contributed by atoms with Gasteiger partial charge in [0.2, 0.25) is 9.84 Å². The van der Waals surface area contributed by atoms with E-state index in [1.807, 2.05) is 0 Å². The van der Waals surface area contributed by atoms with Crippen LogP contribution in [0.25, 0.3) is 0 Å². The van der Waals surface area contributed by atoms with Gasteiger partial charge in [0.15, 0.2) is 14.7 Å². The third kappa shape index (κ3) is 2.25. The molecule has 0 unspecified atom stereocenters. The van der Waals surface area contributed by atoms with E-state index in [1.54, 1.807) is 36.4 Å². The van der Waals surface area contributed by atoms with Gasteiger partial charge in [-0.2, -0.15) is 0 Å². The van der Waals surface area contributed by atoms with Crippen LogP contribution < -0.4 is 0 Å². The molecular weight excluding hydrogens is 350 g/mol. The molecule has 0 spiro atoms. The molecule has 0 N–H and O–H groups in total. The fraction of sp³-hybridized carbons (Fsp3) is 0. The fourth-order valence-corrected chi connectivity index (χ4v) is 7.57. The average molecular weight is 361 g/mol. The molecule has 0 saturated carbocycles. The number of benzene rings is 3. The van der Waals surface area contributed by atoms with Gasteiger partial charge in [-0.15, -0.1) is 0 Å². The van der Waals surface area contributed by atoms with E-state index in [-0.39, 0.29) is 9.79 Å². The lowest BCUT2D eigenvalue weighted by Gasteiger charge is -2.19. The molecule has 0 radical (unpaired) electrons. The second-order valence-corrected chi connectivity index (χ2v) is 9.16. The zero-order chi connectivity index (χ0) is 16.9. The van der Waals surface area contributed by atoms with Gasteiger partial charge in [0.25, 0.3) is 0 Å². The minimum Gasteiger partial charge on any atom is -0.218 e. The lowest BCUT2D eigenvalue weighted by Crippen LogP contribution is -2.20. The number of fused-ring (bicyclic) bond motifs is 2. The second kappa shape index (κ2) is 5.43. The van der Waals surface area contributed by atoms with Crippen LogP contribution in [0.1, 0.15) is 0 Å². The Morgan fingerprint density at radius 3 is 1.67 bits per heavy atom. The van der Waals surface area contributed by atoms with Crippen LogP contribution in [-0.2, 0) is 20.7 Å². The van der Waals surface area contributed by atoms with Crippen molar-refractivity contribution >= 4 is 20.7 Å². The molecule has 1 aliphatic rings. The molecule has 3 aromatic carbocycles. The quantitative estimate of drug-likeness (QED) is 0.476. The molecule has 3 aromatic rings. The van der Waals surface area contributed by atoms with Crippen LogP contribution in [0.15, 0.2) is 91.2 Å². The van der Waals surface area contributed by atoms with Crippen LogP contribution >= 0.6 is 0 Å². The van der Waals surface area contributed by atoms with Crippen LogP contribution in [0.4, 0.5) is 8.78 Å². The Balaban J connectivity index is 2.09. The van der Waals surface area contributed by atoms with Crippen molar-refractivity contribution < 1.29 is 17.2 Å². The lowest BCUT2D eigenvalue weighted by molar-refractivity contribution is 0.577. The highest BCUT2D eigenvalue weighted by Crippen LogP contribution is 2.44. The van der Waals surface area contributed by atoms with Crippen molar-refractivity contribution in [2.24, 2.45) is 0 Å². The molecule has 0 amide bonds. The van der Waals surface area contributed by atoms with Crippen molar-refractivity contribution in [3.05, 3.63) is 78.4 Å². The first-order valence-electron chi connectivity index (χ1n) is 7.12. The highest BCUT2D eigenvalue weighted by molar-refractivity contribution is 8.00. The largest absolute Gasteiger partial charge is 0.218 e. The summed E-state index contributed by atoms with van der Waals surface area (Å²) in [4.78, 5) is 1.91. The molecule has 6 heteroatoms. The molecule has 1 heterocycles. The summed E-state index contributed by atoms with van der Waals surface area (Å²) in [6.45, 7) is 0. The molecule has 0 fully saturated rings. The smallest absolute Gasteiger partial charge is 0.216 e. The van der Waals surface area contributed by atoms with Gasteiger partial charge in [-0.25, -0.2) is 17.2 Å². The van der Waals surface area contributed by atoms with Crippen LogP contribution in [0.2, 0.25) is 0 Å². The fourth-order valence-electron chi connectivity index (χ4n) is 2.82. The van der Waals surface area contributed by atoms with Gasteiger partial charge in [-0.1, -0.05) is 24.3 Å². The van der Waals surface area contributed by atoms with E-state index in [0.717, 1.165) is 6.07 Å². The maximum atomic E-state index is 13.7. The van der Waals surface area contributed by atoms with Crippen LogP contribution in [0, 0.1) is 11.6 Å². The van der Waals surface area contributed by atoms with Gasteiger partial charge >= 0.3 is 0 Å². The van der Waals surface area contributed by atoms with E-state index in [2.05, 4.69) is 0 Å². The SMILES string of the molecule is O=S1(=O)c2ccccc2[S+](c2cc(F)cc(F)c2)c2ccccc21. The average Bonchev–Trinajstić information content (AvgIpc) is 2.54. The third-order valence-electron chi connectivity index (χ3n) is 3.79. The number of sulfone groups is 1. The standard InChI is InChI=1S/C18H11F2O2S2/c19-12-9-13(20)11-14(10-12)23-15-5-1-3-7-17(15)24(21,22)18-8-4-2-6-16(18)23/h1-11H/q+1. The van der Waals surface area contributed by atoms with Gasteiger partial charge in [0.05, 0.1) is 0 Å². The number of hydrogen-bond donors (Lipinski definition) is 0. The molecule has 0 atom stereocenters. The summed E-state index contributed by atoms with van der Waals surface area (Å²) in [6.07, 6.45) is 0. The van der Waals surface area contributed by atoms with Gasteiger partial charge in [0, 0.05) is 18.2 Å². The predicted molar refractivity (Wildman–Crippen MR) is 86.9 cm³/mol. The maximum absolute atomic E-state index is 13.7. The minimum atomic E-state index is -3.64. The summed E-state index contributed by atoms with van der Waals surface area (Å²) in [6, 6.07) is 16.6. The summed E-state index contributed by atoms with van der Waals surface area (Å²) >= 11 is 0. The molecule has 4 rings (SSSR count). The number of hydrogen-bond acceptors (Lipinski definition) is 2. The predicted octanol–water partition coefficient (Wildman–Crippen LogP) is 4.21. The molecule has 0 bridgehead atoms. The molecule has 0 saturated heterocycles. The first-order chi connectivity index (χ1) is 11.5. The Labute approximate surface area is 141 Å². The van der Waals surface area contributed by atoms with Crippen molar-refractivity contribution in [3.63, 3.8) is 0 Å². The van der Waals surface area contributed by atoms with E-state index in [1.165, 1.54) is 24.3 Å². The lowest BCUT2D eigenvalue weighted by atomic mass is 10.3. The van der Waals surface area contributed by atoms with Crippen molar-refractivity contribution in [2.75, 3.05) is 0 Å². The molecule has 1 aliphatic heterocycles. The Hall–Kier alpha value is -2.18. The van der Waals surface area contributed by atoms with E-state index in [9.17, 15) is 17.2 Å².